The summed E-state index contributed by atoms with van der Waals surface area (Å²) in [5.41, 5.74) is 5.48. The van der Waals surface area contributed by atoms with Crippen LogP contribution in [-0.2, 0) is 0 Å². The fraction of sp³-hybridized carbons (Fsp3) is 1.00. The quantitative estimate of drug-likeness (QED) is 0.361. The molecule has 0 fully saturated rings. The Kier molecular flexibility index (Phi) is 6.91. The van der Waals surface area contributed by atoms with Crippen LogP contribution in [0.1, 0.15) is 20.3 Å². The van der Waals surface area contributed by atoms with E-state index in [9.17, 15) is 0 Å². The third-order valence-corrected chi connectivity index (χ3v) is 1.54. The molecule has 0 aliphatic rings. The summed E-state index contributed by atoms with van der Waals surface area (Å²) in [4.78, 5) is 0. The van der Waals surface area contributed by atoms with Crippen molar-refractivity contribution in [3.63, 3.8) is 0 Å². The molecule has 4 N–H and O–H groups in total. The van der Waals surface area contributed by atoms with Crippen LogP contribution in [0.15, 0.2) is 0 Å². The maximum atomic E-state index is 5.48. The highest BCUT2D eigenvalue weighted by Crippen LogP contribution is 1.84. The van der Waals surface area contributed by atoms with Crippen LogP contribution in [0, 0.1) is 0 Å². The molecule has 0 aromatic carbocycles. The third kappa shape index (κ3) is 4.73. The minimum absolute atomic E-state index is 0.471. The highest BCUT2D eigenvalue weighted by Gasteiger charge is 1.98. The molecule has 0 heterocycles. The molecule has 1 unspecified atom stereocenters. The van der Waals surface area contributed by atoms with E-state index >= 15 is 0 Å². The molecule has 0 aromatic heterocycles. The van der Waals surface area contributed by atoms with Crippen LogP contribution in [0.3, 0.4) is 0 Å². The molecule has 0 saturated carbocycles. The Balaban J connectivity index is 3.09. The third-order valence-electron chi connectivity index (χ3n) is 1.54. The van der Waals surface area contributed by atoms with Gasteiger partial charge in [0.25, 0.3) is 0 Å². The zero-order chi connectivity index (χ0) is 7.82. The van der Waals surface area contributed by atoms with E-state index in [-0.39, 0.29) is 0 Å². The first-order valence-electron chi connectivity index (χ1n) is 3.99. The second kappa shape index (κ2) is 6.99. The van der Waals surface area contributed by atoms with E-state index in [4.69, 9.17) is 5.73 Å². The summed E-state index contributed by atoms with van der Waals surface area (Å²) < 4.78 is 0. The molecule has 0 aliphatic carbocycles. The van der Waals surface area contributed by atoms with Crippen LogP contribution in [0.4, 0.5) is 0 Å². The van der Waals surface area contributed by atoms with Gasteiger partial charge in [-0.05, 0) is 13.0 Å². The summed E-state index contributed by atoms with van der Waals surface area (Å²) >= 11 is 0. The van der Waals surface area contributed by atoms with Crippen LogP contribution in [0.25, 0.3) is 0 Å². The first-order valence-corrected chi connectivity index (χ1v) is 3.99. The fourth-order valence-electron chi connectivity index (χ4n) is 0.736. The van der Waals surface area contributed by atoms with Crippen molar-refractivity contribution < 1.29 is 0 Å². The second-order valence-electron chi connectivity index (χ2n) is 2.33. The predicted octanol–water partition coefficient (Wildman–Crippen LogP) is -0.120. The Morgan fingerprint density at radius 1 is 1.40 bits per heavy atom. The van der Waals surface area contributed by atoms with E-state index in [1.807, 2.05) is 0 Å². The zero-order valence-corrected chi connectivity index (χ0v) is 6.98. The monoisotopic (exact) mass is 145 g/mol. The van der Waals surface area contributed by atoms with Crippen molar-refractivity contribution in [1.29, 1.82) is 0 Å². The van der Waals surface area contributed by atoms with Crippen LogP contribution in [-0.4, -0.2) is 25.8 Å². The maximum Gasteiger partial charge on any atom is 0.0456 e. The average molecular weight is 145 g/mol. The molecule has 0 bridgehead atoms. The van der Waals surface area contributed by atoms with E-state index in [0.29, 0.717) is 6.04 Å². The van der Waals surface area contributed by atoms with Crippen LogP contribution >= 0.6 is 0 Å². The Hall–Kier alpha value is -0.120. The van der Waals surface area contributed by atoms with Crippen molar-refractivity contribution >= 4 is 0 Å². The average Bonchev–Trinajstić information content (AvgIpc) is 1.99. The Labute approximate surface area is 63.4 Å². The van der Waals surface area contributed by atoms with Crippen LogP contribution in [0.2, 0.25) is 0 Å². The van der Waals surface area contributed by atoms with Gasteiger partial charge in [0.15, 0.2) is 0 Å². The van der Waals surface area contributed by atoms with Gasteiger partial charge >= 0.3 is 0 Å². The number of hydrogen-bond donors (Lipinski definition) is 3. The van der Waals surface area contributed by atoms with Gasteiger partial charge < -0.3 is 16.4 Å². The lowest BCUT2D eigenvalue weighted by molar-refractivity contribution is 0.477. The highest BCUT2D eigenvalue weighted by molar-refractivity contribution is 4.63. The summed E-state index contributed by atoms with van der Waals surface area (Å²) in [7, 11) is 0. The summed E-state index contributed by atoms with van der Waals surface area (Å²) in [6.07, 6.45) is 1.10. The minimum atomic E-state index is 0.471. The summed E-state index contributed by atoms with van der Waals surface area (Å²) in [5.74, 6) is 0. The number of nitrogens with one attached hydrogen (secondary N) is 2. The molecule has 1 atom stereocenters. The molecule has 0 aromatic rings. The SMILES string of the molecule is CCNCNC(CC)CN. The van der Waals surface area contributed by atoms with Gasteiger partial charge in [-0.1, -0.05) is 13.8 Å². The second-order valence-corrected chi connectivity index (χ2v) is 2.33. The molecule has 62 valence electrons. The van der Waals surface area contributed by atoms with Crippen molar-refractivity contribution in [3.8, 4) is 0 Å². The van der Waals surface area contributed by atoms with E-state index in [1.165, 1.54) is 0 Å². The molecule has 0 amide bonds. The molecule has 0 saturated heterocycles. The van der Waals surface area contributed by atoms with Gasteiger partial charge in [0, 0.05) is 19.3 Å². The van der Waals surface area contributed by atoms with Crippen molar-refractivity contribution in [3.05, 3.63) is 0 Å². The van der Waals surface area contributed by atoms with Gasteiger partial charge in [-0.25, -0.2) is 0 Å². The first-order chi connectivity index (χ1) is 4.85. The van der Waals surface area contributed by atoms with Gasteiger partial charge in [0.05, 0.1) is 0 Å². The van der Waals surface area contributed by atoms with Crippen molar-refractivity contribution in [2.24, 2.45) is 5.73 Å². The van der Waals surface area contributed by atoms with Gasteiger partial charge in [0.1, 0.15) is 0 Å². The Morgan fingerprint density at radius 3 is 2.50 bits per heavy atom. The smallest absolute Gasteiger partial charge is 0.0456 e. The van der Waals surface area contributed by atoms with Gasteiger partial charge in [-0.2, -0.15) is 0 Å². The van der Waals surface area contributed by atoms with Gasteiger partial charge in [0.2, 0.25) is 0 Å². The summed E-state index contributed by atoms with van der Waals surface area (Å²) in [6, 6.07) is 0.471. The van der Waals surface area contributed by atoms with E-state index in [2.05, 4.69) is 24.5 Å². The topological polar surface area (TPSA) is 50.1 Å². The zero-order valence-electron chi connectivity index (χ0n) is 6.98. The lowest BCUT2D eigenvalue weighted by atomic mass is 10.2. The van der Waals surface area contributed by atoms with E-state index < -0.39 is 0 Å². The first kappa shape index (κ1) is 9.88. The Morgan fingerprint density at radius 2 is 2.10 bits per heavy atom. The molecular weight excluding hydrogens is 126 g/mol. The number of nitrogens with two attached hydrogens (primary N) is 1. The number of hydrogen-bond acceptors (Lipinski definition) is 3. The molecule has 0 radical (unpaired) electrons. The highest BCUT2D eigenvalue weighted by atomic mass is 15.1. The Bertz CT molecular complexity index is 61.9. The number of rotatable bonds is 6. The molecule has 0 rings (SSSR count). The minimum Gasteiger partial charge on any atom is -0.329 e. The van der Waals surface area contributed by atoms with Gasteiger partial charge in [-0.3, -0.25) is 0 Å². The molecule has 10 heavy (non-hydrogen) atoms. The van der Waals surface area contributed by atoms with Crippen molar-refractivity contribution in [1.82, 2.24) is 10.6 Å². The van der Waals surface area contributed by atoms with Crippen LogP contribution in [0.5, 0.6) is 0 Å². The molecular formula is C7H19N3. The predicted molar refractivity (Wildman–Crippen MR) is 44.8 cm³/mol. The molecule has 3 heteroatoms. The van der Waals surface area contributed by atoms with Crippen LogP contribution < -0.4 is 16.4 Å². The summed E-state index contributed by atoms with van der Waals surface area (Å²) in [5, 5.41) is 6.46. The fourth-order valence-corrected chi connectivity index (χ4v) is 0.736. The summed E-state index contributed by atoms with van der Waals surface area (Å²) in [6.45, 7) is 6.82. The van der Waals surface area contributed by atoms with Crippen molar-refractivity contribution in [2.75, 3.05) is 19.8 Å². The normalized spacial score (nSPS) is 13.5. The standard InChI is InChI=1S/C7H19N3/c1-3-7(5-8)10-6-9-4-2/h7,9-10H,3-6,8H2,1-2H3. The molecule has 0 spiro atoms. The molecule has 3 nitrogen and oxygen atoms in total. The largest absolute Gasteiger partial charge is 0.329 e. The maximum absolute atomic E-state index is 5.48. The lowest BCUT2D eigenvalue weighted by Crippen LogP contribution is -2.40. The molecule has 0 aliphatic heterocycles. The van der Waals surface area contributed by atoms with E-state index in [1.54, 1.807) is 0 Å². The van der Waals surface area contributed by atoms with Crippen molar-refractivity contribution in [2.45, 2.75) is 26.3 Å². The van der Waals surface area contributed by atoms with Gasteiger partial charge in [-0.15, -0.1) is 0 Å². The lowest BCUT2D eigenvalue weighted by Gasteiger charge is -2.13. The van der Waals surface area contributed by atoms with E-state index in [0.717, 1.165) is 26.2 Å².